The number of aromatic nitrogens is 2. The molecule has 0 aliphatic carbocycles. The smallest absolute Gasteiger partial charge is 0.246 e. The monoisotopic (exact) mass is 300 g/mol. The van der Waals surface area contributed by atoms with E-state index >= 15 is 0 Å². The van der Waals surface area contributed by atoms with E-state index in [0.717, 1.165) is 31.1 Å². The van der Waals surface area contributed by atoms with E-state index in [1.54, 1.807) is 23.1 Å². The summed E-state index contributed by atoms with van der Waals surface area (Å²) in [6, 6.07) is 10.1. The predicted octanol–water partition coefficient (Wildman–Crippen LogP) is 1.75. The molecule has 1 aliphatic rings. The van der Waals surface area contributed by atoms with Crippen molar-refractivity contribution >= 4 is 17.3 Å². The molecule has 0 unspecified atom stereocenters. The van der Waals surface area contributed by atoms with Gasteiger partial charge >= 0.3 is 0 Å². The molecule has 1 N–H and O–H groups in total. The van der Waals surface area contributed by atoms with Crippen molar-refractivity contribution in [1.82, 2.24) is 9.78 Å². The minimum atomic E-state index is -0.0869. The molecule has 1 aliphatic heterocycles. The molecule has 1 atom stereocenters. The molecule has 0 radical (unpaired) electrons. The molecule has 1 aromatic heterocycles. The number of anilines is 2. The number of carbonyl (C=O) groups excluding carboxylic acids is 1. The van der Waals surface area contributed by atoms with Gasteiger partial charge in [-0.15, -0.1) is 0 Å². The third-order valence-corrected chi connectivity index (χ3v) is 3.72. The molecule has 2 aromatic rings. The molecule has 1 amide bonds. The molecule has 2 heterocycles. The lowest BCUT2D eigenvalue weighted by Crippen LogP contribution is -2.43. The van der Waals surface area contributed by atoms with Gasteiger partial charge in [-0.25, -0.2) is 0 Å². The van der Waals surface area contributed by atoms with Crippen LogP contribution in [0.3, 0.4) is 0 Å². The molecule has 6 heteroatoms. The van der Waals surface area contributed by atoms with E-state index in [1.165, 1.54) is 0 Å². The van der Waals surface area contributed by atoms with Crippen molar-refractivity contribution < 1.29 is 9.53 Å². The number of nitrogens with zero attached hydrogens (tertiary/aromatic N) is 3. The first kappa shape index (κ1) is 14.6. The lowest BCUT2D eigenvalue weighted by atomic mass is 10.2. The number of rotatable bonds is 4. The number of morpholine rings is 1. The van der Waals surface area contributed by atoms with Gasteiger partial charge in [-0.3, -0.25) is 9.48 Å². The second-order valence-electron chi connectivity index (χ2n) is 5.42. The summed E-state index contributed by atoms with van der Waals surface area (Å²) in [6.07, 6.45) is 3.42. The van der Waals surface area contributed by atoms with Crippen LogP contribution in [0.1, 0.15) is 6.92 Å². The van der Waals surface area contributed by atoms with Crippen molar-refractivity contribution in [3.05, 3.63) is 42.7 Å². The van der Waals surface area contributed by atoms with Crippen LogP contribution in [0.4, 0.5) is 11.4 Å². The van der Waals surface area contributed by atoms with Crippen molar-refractivity contribution in [2.75, 3.05) is 30.0 Å². The average Bonchev–Trinajstić information content (AvgIpc) is 3.01. The van der Waals surface area contributed by atoms with Gasteiger partial charge in [-0.05, 0) is 37.3 Å². The van der Waals surface area contributed by atoms with Crippen LogP contribution in [-0.2, 0) is 16.1 Å². The molecule has 0 saturated carbocycles. The number of ether oxygens (including phenoxy) is 1. The molecule has 1 saturated heterocycles. The Balaban J connectivity index is 1.60. The first-order valence-corrected chi connectivity index (χ1v) is 7.44. The van der Waals surface area contributed by atoms with Gasteiger partial charge in [0.1, 0.15) is 6.54 Å². The minimum Gasteiger partial charge on any atom is -0.377 e. The maximum Gasteiger partial charge on any atom is 0.246 e. The summed E-state index contributed by atoms with van der Waals surface area (Å²) < 4.78 is 7.05. The highest BCUT2D eigenvalue weighted by atomic mass is 16.5. The number of nitrogens with one attached hydrogen (secondary N) is 1. The topological polar surface area (TPSA) is 59.4 Å². The number of hydrogen-bond donors (Lipinski definition) is 1. The van der Waals surface area contributed by atoms with Crippen molar-refractivity contribution in [1.29, 1.82) is 0 Å². The summed E-state index contributed by atoms with van der Waals surface area (Å²) in [5, 5.41) is 6.90. The predicted molar refractivity (Wildman–Crippen MR) is 84.9 cm³/mol. The van der Waals surface area contributed by atoms with Crippen molar-refractivity contribution in [3.63, 3.8) is 0 Å². The molecule has 1 fully saturated rings. The molecule has 3 rings (SSSR count). The van der Waals surface area contributed by atoms with Crippen LogP contribution in [0.2, 0.25) is 0 Å². The summed E-state index contributed by atoms with van der Waals surface area (Å²) in [5.41, 5.74) is 1.95. The molecule has 22 heavy (non-hydrogen) atoms. The third-order valence-electron chi connectivity index (χ3n) is 3.72. The standard InChI is InChI=1S/C16H20N4O2/c1-13-12-22-10-9-20(13)15-5-3-14(4-6-15)18-16(21)11-19-8-2-7-17-19/h2-8,13H,9-12H2,1H3,(H,18,21)/t13-/m0/s1. The first-order chi connectivity index (χ1) is 10.7. The Morgan fingerprint density at radius 2 is 2.23 bits per heavy atom. The van der Waals surface area contributed by atoms with Crippen LogP contribution in [0.15, 0.2) is 42.7 Å². The van der Waals surface area contributed by atoms with Crippen molar-refractivity contribution in [2.24, 2.45) is 0 Å². The molecular formula is C16H20N4O2. The maximum atomic E-state index is 11.9. The van der Waals surface area contributed by atoms with Gasteiger partial charge < -0.3 is 15.0 Å². The minimum absolute atomic E-state index is 0.0869. The van der Waals surface area contributed by atoms with Crippen LogP contribution in [0.25, 0.3) is 0 Å². The third kappa shape index (κ3) is 3.46. The first-order valence-electron chi connectivity index (χ1n) is 7.44. The van der Waals surface area contributed by atoms with E-state index in [9.17, 15) is 4.79 Å². The Labute approximate surface area is 129 Å². The van der Waals surface area contributed by atoms with Gasteiger partial charge in [-0.1, -0.05) is 0 Å². The van der Waals surface area contributed by atoms with E-state index in [1.807, 2.05) is 24.3 Å². The van der Waals surface area contributed by atoms with E-state index < -0.39 is 0 Å². The highest BCUT2D eigenvalue weighted by Gasteiger charge is 2.18. The van der Waals surface area contributed by atoms with E-state index in [4.69, 9.17) is 4.74 Å². The van der Waals surface area contributed by atoms with Gasteiger partial charge in [0.2, 0.25) is 5.91 Å². The lowest BCUT2D eigenvalue weighted by molar-refractivity contribution is -0.116. The zero-order chi connectivity index (χ0) is 15.4. The quantitative estimate of drug-likeness (QED) is 0.934. The number of carbonyl (C=O) groups is 1. The van der Waals surface area contributed by atoms with Crippen molar-refractivity contribution in [3.8, 4) is 0 Å². The summed E-state index contributed by atoms with van der Waals surface area (Å²) >= 11 is 0. The molecule has 1 aromatic carbocycles. The number of hydrogen-bond acceptors (Lipinski definition) is 4. The normalized spacial score (nSPS) is 18.2. The van der Waals surface area contributed by atoms with E-state index in [0.29, 0.717) is 6.04 Å². The molecule has 6 nitrogen and oxygen atoms in total. The van der Waals surface area contributed by atoms with Crippen LogP contribution in [-0.4, -0.2) is 41.5 Å². The molecule has 116 valence electrons. The largest absolute Gasteiger partial charge is 0.377 e. The zero-order valence-electron chi connectivity index (χ0n) is 12.6. The Bertz CT molecular complexity index is 610. The summed E-state index contributed by atoms with van der Waals surface area (Å²) in [6.45, 7) is 4.77. The second kappa shape index (κ2) is 6.62. The van der Waals surface area contributed by atoms with Gasteiger partial charge in [0.25, 0.3) is 0 Å². The maximum absolute atomic E-state index is 11.9. The summed E-state index contributed by atoms with van der Waals surface area (Å²) in [4.78, 5) is 14.2. The Morgan fingerprint density at radius 1 is 1.41 bits per heavy atom. The second-order valence-corrected chi connectivity index (χ2v) is 5.42. The van der Waals surface area contributed by atoms with Gasteiger partial charge in [0.15, 0.2) is 0 Å². The van der Waals surface area contributed by atoms with Crippen LogP contribution in [0.5, 0.6) is 0 Å². The summed E-state index contributed by atoms with van der Waals surface area (Å²) in [7, 11) is 0. The van der Waals surface area contributed by atoms with Crippen LogP contribution in [0, 0.1) is 0 Å². The van der Waals surface area contributed by atoms with Gasteiger partial charge in [0, 0.05) is 36.4 Å². The fraction of sp³-hybridized carbons (Fsp3) is 0.375. The lowest BCUT2D eigenvalue weighted by Gasteiger charge is -2.35. The Hall–Kier alpha value is -2.34. The molecule has 0 bridgehead atoms. The van der Waals surface area contributed by atoms with Crippen LogP contribution >= 0.6 is 0 Å². The number of amides is 1. The SMILES string of the molecule is C[C@H]1COCCN1c1ccc(NC(=O)Cn2cccn2)cc1. The number of benzene rings is 1. The Kier molecular flexibility index (Phi) is 4.39. The van der Waals surface area contributed by atoms with Crippen LogP contribution < -0.4 is 10.2 Å². The van der Waals surface area contributed by atoms with Crippen molar-refractivity contribution in [2.45, 2.75) is 19.5 Å². The van der Waals surface area contributed by atoms with Gasteiger partial charge in [-0.2, -0.15) is 5.10 Å². The highest BCUT2D eigenvalue weighted by Crippen LogP contribution is 2.21. The van der Waals surface area contributed by atoms with E-state index in [-0.39, 0.29) is 12.5 Å². The molecule has 0 spiro atoms. The van der Waals surface area contributed by atoms with E-state index in [2.05, 4.69) is 22.2 Å². The fourth-order valence-corrected chi connectivity index (χ4v) is 2.59. The fourth-order valence-electron chi connectivity index (χ4n) is 2.59. The molecular weight excluding hydrogens is 280 g/mol. The summed E-state index contributed by atoms with van der Waals surface area (Å²) in [5.74, 6) is -0.0869. The zero-order valence-corrected chi connectivity index (χ0v) is 12.6. The Morgan fingerprint density at radius 3 is 2.91 bits per heavy atom. The average molecular weight is 300 g/mol. The highest BCUT2D eigenvalue weighted by molar-refractivity contribution is 5.90. The van der Waals surface area contributed by atoms with Gasteiger partial charge in [0.05, 0.1) is 13.2 Å².